The molecule has 4 amide bonds. The van der Waals surface area contributed by atoms with Gasteiger partial charge < -0.3 is 20.1 Å². The zero-order valence-electron chi connectivity index (χ0n) is 19.1. The Morgan fingerprint density at radius 3 is 2.24 bits per heavy atom. The van der Waals surface area contributed by atoms with Crippen molar-refractivity contribution in [3.8, 4) is 0 Å². The van der Waals surface area contributed by atoms with Gasteiger partial charge in [0, 0.05) is 0 Å². The molecule has 1 aliphatic carbocycles. The highest BCUT2D eigenvalue weighted by Crippen LogP contribution is 2.35. The van der Waals surface area contributed by atoms with Gasteiger partial charge in [-0.1, -0.05) is 25.7 Å². The number of carbonyl (C=O) groups is 5. The molecule has 0 bridgehead atoms. The molecule has 180 valence electrons. The number of ether oxygens (including phenoxy) is 2. The first-order valence-corrected chi connectivity index (χ1v) is 12.0. The molecule has 1 saturated heterocycles. The molecule has 33 heavy (non-hydrogen) atoms. The molecule has 0 radical (unpaired) electrons. The van der Waals surface area contributed by atoms with E-state index >= 15 is 0 Å². The lowest BCUT2D eigenvalue weighted by Gasteiger charge is -2.24. The number of nitrogens with one attached hydrogen (secondary N) is 2. The molecule has 2 heterocycles. The number of nitrogens with zero attached hydrogens (tertiary/aromatic N) is 1. The van der Waals surface area contributed by atoms with E-state index in [1.807, 2.05) is 0 Å². The summed E-state index contributed by atoms with van der Waals surface area (Å²) < 4.78 is 10.1. The first-order chi connectivity index (χ1) is 15.7. The zero-order valence-corrected chi connectivity index (χ0v) is 19.9. The van der Waals surface area contributed by atoms with E-state index in [-0.39, 0.29) is 28.7 Å². The first kappa shape index (κ1) is 24.7. The van der Waals surface area contributed by atoms with Crippen LogP contribution >= 0.6 is 11.3 Å². The van der Waals surface area contributed by atoms with Gasteiger partial charge in [0.15, 0.2) is 0 Å². The Kier molecular flexibility index (Phi) is 7.72. The monoisotopic (exact) mass is 479 g/mol. The number of rotatable bonds is 7. The quantitative estimate of drug-likeness (QED) is 0.454. The predicted octanol–water partition coefficient (Wildman–Crippen LogP) is 2.99. The van der Waals surface area contributed by atoms with Crippen molar-refractivity contribution in [2.75, 3.05) is 25.1 Å². The fourth-order valence-corrected chi connectivity index (χ4v) is 5.35. The van der Waals surface area contributed by atoms with Gasteiger partial charge in [0.2, 0.25) is 5.91 Å². The molecule has 1 aliphatic heterocycles. The van der Waals surface area contributed by atoms with E-state index in [0.717, 1.165) is 41.9 Å². The van der Waals surface area contributed by atoms with E-state index in [2.05, 4.69) is 10.6 Å². The highest BCUT2D eigenvalue weighted by atomic mass is 32.1. The van der Waals surface area contributed by atoms with Gasteiger partial charge in [-0.05, 0) is 39.2 Å². The van der Waals surface area contributed by atoms with Gasteiger partial charge in [0.05, 0.1) is 18.8 Å². The number of amides is 4. The topological polar surface area (TPSA) is 131 Å². The normalized spacial score (nSPS) is 17.5. The van der Waals surface area contributed by atoms with Crippen molar-refractivity contribution in [2.45, 2.75) is 64.8 Å². The van der Waals surface area contributed by atoms with Gasteiger partial charge in [0.1, 0.15) is 22.0 Å². The third-order valence-corrected chi connectivity index (χ3v) is 7.03. The van der Waals surface area contributed by atoms with E-state index in [4.69, 9.17) is 9.47 Å². The van der Waals surface area contributed by atoms with E-state index in [9.17, 15) is 24.0 Å². The Balaban J connectivity index is 1.80. The van der Waals surface area contributed by atoms with Crippen LogP contribution in [0.25, 0.3) is 0 Å². The number of anilines is 1. The highest BCUT2D eigenvalue weighted by molar-refractivity contribution is 7.18. The summed E-state index contributed by atoms with van der Waals surface area (Å²) in [5.41, 5.74) is -0.559. The van der Waals surface area contributed by atoms with Crippen LogP contribution in [0.2, 0.25) is 0 Å². The van der Waals surface area contributed by atoms with Crippen LogP contribution in [0.15, 0.2) is 0 Å². The second-order valence-electron chi connectivity index (χ2n) is 8.07. The van der Waals surface area contributed by atoms with Crippen molar-refractivity contribution in [2.24, 2.45) is 0 Å². The van der Waals surface area contributed by atoms with Crippen LogP contribution in [0.1, 0.15) is 78.0 Å². The van der Waals surface area contributed by atoms with Crippen LogP contribution in [-0.4, -0.2) is 60.0 Å². The number of urea groups is 1. The van der Waals surface area contributed by atoms with Gasteiger partial charge in [0.25, 0.3) is 5.91 Å². The second-order valence-corrected chi connectivity index (χ2v) is 9.09. The third-order valence-electron chi connectivity index (χ3n) is 5.84. The van der Waals surface area contributed by atoms with E-state index < -0.39 is 41.9 Å². The van der Waals surface area contributed by atoms with Crippen LogP contribution in [-0.2, 0) is 19.1 Å². The number of carbonyl (C=O) groups excluding carboxylic acids is 5. The first-order valence-electron chi connectivity index (χ1n) is 11.2. The maximum atomic E-state index is 13.0. The van der Waals surface area contributed by atoms with Gasteiger partial charge >= 0.3 is 18.0 Å². The summed E-state index contributed by atoms with van der Waals surface area (Å²) in [5.74, 6) is -2.36. The summed E-state index contributed by atoms with van der Waals surface area (Å²) in [6, 6.07) is -0.600. The molecule has 1 aromatic rings. The molecule has 11 heteroatoms. The molecule has 1 saturated carbocycles. The summed E-state index contributed by atoms with van der Waals surface area (Å²) in [6.07, 6.45) is 4.77. The standard InChI is InChI=1S/C22H29N3O7S/c1-4-31-18(27)15-13(3)16(19(28)32-5-2)33-17(15)23-14(26)12-25-20(29)22(24-21(25)30)10-8-6-7-9-11-22/h4-12H2,1-3H3,(H,23,26)(H,24,30). The van der Waals surface area contributed by atoms with Crippen LogP contribution in [0.3, 0.4) is 0 Å². The fraction of sp³-hybridized carbons (Fsp3) is 0.591. The highest BCUT2D eigenvalue weighted by Gasteiger charge is 2.51. The molecular weight excluding hydrogens is 450 g/mol. The van der Waals surface area contributed by atoms with Crippen molar-refractivity contribution < 1.29 is 33.4 Å². The molecule has 1 spiro atoms. The van der Waals surface area contributed by atoms with Crippen molar-refractivity contribution in [3.05, 3.63) is 16.0 Å². The van der Waals surface area contributed by atoms with Gasteiger partial charge in [-0.2, -0.15) is 0 Å². The lowest BCUT2D eigenvalue weighted by molar-refractivity contribution is -0.134. The smallest absolute Gasteiger partial charge is 0.348 e. The van der Waals surface area contributed by atoms with Crippen LogP contribution in [0.5, 0.6) is 0 Å². The lowest BCUT2D eigenvalue weighted by Crippen LogP contribution is -2.47. The summed E-state index contributed by atoms with van der Waals surface area (Å²) in [7, 11) is 0. The maximum Gasteiger partial charge on any atom is 0.348 e. The lowest BCUT2D eigenvalue weighted by atomic mass is 9.90. The Hall–Kier alpha value is -2.95. The molecule has 1 aromatic heterocycles. The summed E-state index contributed by atoms with van der Waals surface area (Å²) in [6.45, 7) is 4.64. The summed E-state index contributed by atoms with van der Waals surface area (Å²) in [5, 5.41) is 5.48. The summed E-state index contributed by atoms with van der Waals surface area (Å²) in [4.78, 5) is 64.2. The molecule has 0 aromatic carbocycles. The largest absolute Gasteiger partial charge is 0.462 e. The maximum absolute atomic E-state index is 13.0. The van der Waals surface area contributed by atoms with Crippen molar-refractivity contribution in [3.63, 3.8) is 0 Å². The number of thiophene rings is 1. The minimum Gasteiger partial charge on any atom is -0.462 e. The van der Waals surface area contributed by atoms with Crippen molar-refractivity contribution in [1.29, 1.82) is 0 Å². The Labute approximate surface area is 196 Å². The number of hydrogen-bond acceptors (Lipinski definition) is 8. The molecule has 10 nitrogen and oxygen atoms in total. The Morgan fingerprint density at radius 1 is 1.03 bits per heavy atom. The number of esters is 2. The zero-order chi connectivity index (χ0) is 24.2. The van der Waals surface area contributed by atoms with E-state index in [0.29, 0.717) is 18.4 Å². The molecule has 2 N–H and O–H groups in total. The van der Waals surface area contributed by atoms with Crippen LogP contribution in [0, 0.1) is 6.92 Å². The van der Waals surface area contributed by atoms with Gasteiger partial charge in [-0.25, -0.2) is 14.4 Å². The third kappa shape index (κ3) is 5.02. The molecule has 2 fully saturated rings. The molecule has 3 rings (SSSR count). The van der Waals surface area contributed by atoms with E-state index in [1.54, 1.807) is 20.8 Å². The predicted molar refractivity (Wildman–Crippen MR) is 120 cm³/mol. The molecule has 0 unspecified atom stereocenters. The fourth-order valence-electron chi connectivity index (χ4n) is 4.24. The minimum atomic E-state index is -0.944. The van der Waals surface area contributed by atoms with Crippen molar-refractivity contribution >= 4 is 46.1 Å². The Bertz CT molecular complexity index is 963. The molecule has 0 atom stereocenters. The van der Waals surface area contributed by atoms with Crippen molar-refractivity contribution in [1.82, 2.24) is 10.2 Å². The average Bonchev–Trinajstić information content (AvgIpc) is 3.06. The summed E-state index contributed by atoms with van der Waals surface area (Å²) >= 11 is 0.889. The minimum absolute atomic E-state index is 0.0516. The molecule has 2 aliphatic rings. The Morgan fingerprint density at radius 2 is 1.64 bits per heavy atom. The molecular formula is C22H29N3O7S. The van der Waals surface area contributed by atoms with Gasteiger partial charge in [-0.3, -0.25) is 14.5 Å². The van der Waals surface area contributed by atoms with Crippen LogP contribution < -0.4 is 10.6 Å². The van der Waals surface area contributed by atoms with Gasteiger partial charge in [-0.15, -0.1) is 11.3 Å². The van der Waals surface area contributed by atoms with Crippen LogP contribution in [0.4, 0.5) is 9.80 Å². The average molecular weight is 480 g/mol. The number of hydrogen-bond donors (Lipinski definition) is 2. The second kappa shape index (κ2) is 10.3. The number of imide groups is 1. The SMILES string of the molecule is CCOC(=O)c1sc(NC(=O)CN2C(=O)NC3(CCCCCC3)C2=O)c(C(=O)OCC)c1C. The van der Waals surface area contributed by atoms with E-state index in [1.165, 1.54) is 0 Å².